The lowest BCUT2D eigenvalue weighted by Gasteiger charge is -2.36. The van der Waals surface area contributed by atoms with E-state index >= 15 is 0 Å². The van der Waals surface area contributed by atoms with E-state index < -0.39 is 27.0 Å². The number of rotatable bonds is 17. The fourth-order valence-electron chi connectivity index (χ4n) is 7.95. The molecule has 346 valence electrons. The van der Waals surface area contributed by atoms with Crippen molar-refractivity contribution >= 4 is 67.2 Å². The summed E-state index contributed by atoms with van der Waals surface area (Å²) in [7, 11) is -4.38. The lowest BCUT2D eigenvalue weighted by atomic mass is 9.99. The summed E-state index contributed by atoms with van der Waals surface area (Å²) < 4.78 is 77.8. The van der Waals surface area contributed by atoms with Gasteiger partial charge in [0.05, 0.1) is 28.5 Å². The molecule has 1 atom stereocenters. The van der Waals surface area contributed by atoms with Gasteiger partial charge in [0, 0.05) is 91.2 Å². The number of sulfonamides is 1. The number of aromatic nitrogens is 2. The number of anilines is 3. The molecule has 0 unspecified atom stereocenters. The van der Waals surface area contributed by atoms with Gasteiger partial charge in [-0.2, -0.15) is 0 Å². The maximum atomic E-state index is 13.9. The van der Waals surface area contributed by atoms with Crippen molar-refractivity contribution in [2.24, 2.45) is 0 Å². The number of morpholine rings is 1. The molecule has 2 fully saturated rings. The zero-order chi connectivity index (χ0) is 46.3. The van der Waals surface area contributed by atoms with Gasteiger partial charge in [-0.05, 0) is 89.8 Å². The molecule has 0 radical (unpaired) electrons. The van der Waals surface area contributed by atoms with Crippen molar-refractivity contribution in [2.45, 2.75) is 35.2 Å². The van der Waals surface area contributed by atoms with Crippen LogP contribution in [0, 0.1) is 10.1 Å². The Kier molecular flexibility index (Phi) is 14.8. The van der Waals surface area contributed by atoms with E-state index in [-0.39, 0.29) is 28.2 Å². The van der Waals surface area contributed by atoms with E-state index in [0.717, 1.165) is 63.1 Å². The third-order valence-corrected chi connectivity index (χ3v) is 14.2. The Morgan fingerprint density at radius 2 is 1.62 bits per heavy atom. The van der Waals surface area contributed by atoms with Crippen LogP contribution < -0.4 is 19.7 Å². The molecular weight excluding hydrogens is 917 g/mol. The van der Waals surface area contributed by atoms with E-state index in [1.165, 1.54) is 65.6 Å². The summed E-state index contributed by atoms with van der Waals surface area (Å²) in [4.78, 5) is 27.7. The highest BCUT2D eigenvalue weighted by Crippen LogP contribution is 2.34. The third-order valence-electron chi connectivity index (χ3n) is 11.4. The summed E-state index contributed by atoms with van der Waals surface area (Å²) in [6.07, 6.45) is -2.98. The molecule has 1 aromatic heterocycles. The Morgan fingerprint density at radius 1 is 0.879 bits per heavy atom. The average Bonchev–Trinajstić information content (AvgIpc) is 3.31. The summed E-state index contributed by atoms with van der Waals surface area (Å²) >= 11 is 7.50. The van der Waals surface area contributed by atoms with Gasteiger partial charge >= 0.3 is 6.36 Å². The molecule has 2 aliphatic heterocycles. The molecule has 2 N–H and O–H groups in total. The van der Waals surface area contributed by atoms with Gasteiger partial charge in [0.15, 0.2) is 5.82 Å². The highest BCUT2D eigenvalue weighted by Gasteiger charge is 2.31. The van der Waals surface area contributed by atoms with Crippen molar-refractivity contribution in [3.63, 3.8) is 0 Å². The number of alkyl halides is 3. The SMILES string of the molecule is O=[N+]([O-])c1cc(S(=O)(=O)Nc2ncnc3cc(N4CCN(Cc5ccccc5-c5ccc(Cl)cc5)CC4)ccc23)ccc1N[C@H](CCN1CCOCC1)CSc1ccc(OC(F)(F)F)cc1. The lowest BCUT2D eigenvalue weighted by Crippen LogP contribution is -2.46. The van der Waals surface area contributed by atoms with Crippen LogP contribution in [0.1, 0.15) is 12.0 Å². The van der Waals surface area contributed by atoms with Gasteiger partial charge in [-0.15, -0.1) is 24.9 Å². The number of nitro benzene ring substituents is 1. The van der Waals surface area contributed by atoms with Crippen LogP contribution in [0.5, 0.6) is 5.75 Å². The zero-order valence-electron chi connectivity index (χ0n) is 35.5. The fraction of sp³-hybridized carbons (Fsp3) is 0.304. The number of ether oxygens (including phenoxy) is 2. The van der Waals surface area contributed by atoms with Gasteiger partial charge in [0.2, 0.25) is 0 Å². The Balaban J connectivity index is 0.930. The molecular formula is C46H46ClF3N8O6S2. The maximum absolute atomic E-state index is 13.9. The van der Waals surface area contributed by atoms with Crippen molar-refractivity contribution in [2.75, 3.05) is 79.7 Å². The van der Waals surface area contributed by atoms with Crippen LogP contribution in [0.4, 0.5) is 36.1 Å². The number of nitrogens with one attached hydrogen (secondary N) is 2. The van der Waals surface area contributed by atoms with Crippen LogP contribution >= 0.6 is 23.4 Å². The van der Waals surface area contributed by atoms with Crippen LogP contribution in [0.15, 0.2) is 125 Å². The van der Waals surface area contributed by atoms with Crippen molar-refractivity contribution in [3.05, 3.63) is 136 Å². The summed E-state index contributed by atoms with van der Waals surface area (Å²) in [5, 5.41) is 16.9. The minimum Gasteiger partial charge on any atom is -0.406 e. The molecule has 66 heavy (non-hydrogen) atoms. The van der Waals surface area contributed by atoms with Gasteiger partial charge in [-0.1, -0.05) is 48.0 Å². The number of nitrogens with zero attached hydrogens (tertiary/aromatic N) is 6. The first-order valence-corrected chi connectivity index (χ1v) is 24.0. The van der Waals surface area contributed by atoms with Crippen molar-refractivity contribution in [3.8, 4) is 16.9 Å². The normalized spacial score (nSPS) is 15.7. The maximum Gasteiger partial charge on any atom is 0.573 e. The molecule has 0 spiro atoms. The first kappa shape index (κ1) is 46.8. The number of fused-ring (bicyclic) bond motifs is 1. The highest BCUT2D eigenvalue weighted by molar-refractivity contribution is 7.99. The molecule has 8 rings (SSSR count). The predicted molar refractivity (Wildman–Crippen MR) is 251 cm³/mol. The predicted octanol–water partition coefficient (Wildman–Crippen LogP) is 9.18. The van der Waals surface area contributed by atoms with Crippen LogP contribution in [-0.4, -0.2) is 110 Å². The highest BCUT2D eigenvalue weighted by atomic mass is 35.5. The molecule has 0 amide bonds. The van der Waals surface area contributed by atoms with Gasteiger partial charge in [0.1, 0.15) is 17.8 Å². The molecule has 14 nitrogen and oxygen atoms in total. The number of benzene rings is 5. The monoisotopic (exact) mass is 962 g/mol. The van der Waals surface area contributed by atoms with Gasteiger partial charge < -0.3 is 19.7 Å². The van der Waals surface area contributed by atoms with Crippen molar-refractivity contribution < 1.29 is 36.0 Å². The van der Waals surface area contributed by atoms with Crippen LogP contribution in [0.25, 0.3) is 22.0 Å². The Hall–Kier alpha value is -5.70. The molecule has 0 bridgehead atoms. The molecule has 3 heterocycles. The Morgan fingerprint density at radius 3 is 2.35 bits per heavy atom. The molecule has 6 aromatic rings. The Bertz CT molecular complexity index is 2740. The first-order chi connectivity index (χ1) is 31.8. The molecule has 0 aliphatic carbocycles. The quantitative estimate of drug-likeness (QED) is 0.0508. The van der Waals surface area contributed by atoms with Gasteiger partial charge in [-0.3, -0.25) is 24.6 Å². The average molecular weight is 964 g/mol. The minimum atomic E-state index is -4.81. The van der Waals surface area contributed by atoms with Crippen LogP contribution in [0.3, 0.4) is 0 Å². The largest absolute Gasteiger partial charge is 0.573 e. The minimum absolute atomic E-state index is 0.0266. The number of piperazine rings is 1. The van der Waals surface area contributed by atoms with Crippen molar-refractivity contribution in [1.82, 2.24) is 19.8 Å². The molecule has 0 saturated carbocycles. The number of hydrogen-bond acceptors (Lipinski definition) is 13. The van der Waals surface area contributed by atoms with Crippen LogP contribution in [0.2, 0.25) is 5.02 Å². The van der Waals surface area contributed by atoms with Crippen LogP contribution in [-0.2, 0) is 21.3 Å². The van der Waals surface area contributed by atoms with Crippen molar-refractivity contribution in [1.29, 1.82) is 0 Å². The second-order valence-electron chi connectivity index (χ2n) is 15.8. The second-order valence-corrected chi connectivity index (χ2v) is 19.0. The molecule has 2 saturated heterocycles. The summed E-state index contributed by atoms with van der Waals surface area (Å²) in [5.41, 5.74) is 4.65. The van der Waals surface area contributed by atoms with E-state index in [1.54, 1.807) is 6.07 Å². The van der Waals surface area contributed by atoms with E-state index in [9.17, 15) is 31.7 Å². The number of halogens is 4. The fourth-order valence-corrected chi connectivity index (χ4v) is 10.1. The van der Waals surface area contributed by atoms with E-state index in [2.05, 4.69) is 57.6 Å². The third kappa shape index (κ3) is 12.2. The Labute approximate surface area is 389 Å². The summed E-state index contributed by atoms with van der Waals surface area (Å²) in [5.74, 6) is 0.0720. The van der Waals surface area contributed by atoms with E-state index in [1.807, 2.05) is 42.5 Å². The number of thioether (sulfide) groups is 1. The summed E-state index contributed by atoms with van der Waals surface area (Å²) in [6.45, 7) is 7.28. The molecule has 20 heteroatoms. The lowest BCUT2D eigenvalue weighted by molar-refractivity contribution is -0.384. The number of hydrogen-bond donors (Lipinski definition) is 2. The number of nitro groups is 1. The van der Waals surface area contributed by atoms with E-state index in [4.69, 9.17) is 16.3 Å². The van der Waals surface area contributed by atoms with E-state index in [0.29, 0.717) is 52.8 Å². The smallest absolute Gasteiger partial charge is 0.406 e. The molecule has 5 aromatic carbocycles. The van der Waals surface area contributed by atoms with Gasteiger partial charge in [0.25, 0.3) is 15.7 Å². The first-order valence-electron chi connectivity index (χ1n) is 21.2. The summed E-state index contributed by atoms with van der Waals surface area (Å²) in [6, 6.07) is 30.6. The standard InChI is InChI=1S/C46H46ClF3N8O6S2/c47-34-7-5-32(6-8-34)40-4-2-1-3-33(40)29-56-19-21-57(22-20-56)36-9-15-41-43(27-36)51-31-52-45(41)54-66(61,62)39-14-16-42(44(28-39)58(59)60)53-35(17-18-55-23-25-63-26-24-55)30-65-38-12-10-37(11-13-38)64-46(48,49)50/h1-16,27-28,31,35,53H,17-26,29-30H2,(H,51,52,54)/t35-/m1/s1. The second kappa shape index (κ2) is 20.9. The molecule has 2 aliphatic rings. The van der Waals surface area contributed by atoms with Gasteiger partial charge in [-0.25, -0.2) is 18.4 Å². The zero-order valence-corrected chi connectivity index (χ0v) is 37.9. The topological polar surface area (TPSA) is 155 Å².